The maximum absolute atomic E-state index is 10.2. The van der Waals surface area contributed by atoms with Crippen molar-refractivity contribution in [2.75, 3.05) is 0 Å². The Hall–Kier alpha value is -2.59. The largest absolute Gasteiger partial charge is 0.313 e. The minimum Gasteiger partial charge on any atom is -0.313 e. The summed E-state index contributed by atoms with van der Waals surface area (Å²) in [7, 11) is -4.02. The average Bonchev–Trinajstić information content (AvgIpc) is 2.86. The van der Waals surface area contributed by atoms with E-state index in [1.54, 1.807) is 13.8 Å². The summed E-state index contributed by atoms with van der Waals surface area (Å²) in [6.45, 7) is 3.25. The summed E-state index contributed by atoms with van der Waals surface area (Å²) in [5.41, 5.74) is 10.2. The van der Waals surface area contributed by atoms with Crippen LogP contribution < -0.4 is 5.73 Å². The van der Waals surface area contributed by atoms with Gasteiger partial charge in [0.15, 0.2) is 0 Å². The van der Waals surface area contributed by atoms with E-state index >= 15 is 0 Å². The van der Waals surface area contributed by atoms with Crippen molar-refractivity contribution in [1.29, 1.82) is 0 Å². The molecule has 0 aliphatic heterocycles. The van der Waals surface area contributed by atoms with Crippen LogP contribution in [0, 0.1) is 5.92 Å². The van der Waals surface area contributed by atoms with E-state index in [4.69, 9.17) is 10.3 Å². The first-order valence-electron chi connectivity index (χ1n) is 10.7. The molecule has 34 heavy (non-hydrogen) atoms. The first-order chi connectivity index (χ1) is 15.8. The molecular formula is C28H31NO3PdS. The van der Waals surface area contributed by atoms with Gasteiger partial charge in [-0.1, -0.05) is 135 Å². The number of hydrogen-bond donors (Lipinski definition) is 2. The van der Waals surface area contributed by atoms with Crippen molar-refractivity contribution < 1.29 is 33.4 Å². The summed E-state index contributed by atoms with van der Waals surface area (Å²) in [6.07, 6.45) is 0. The van der Waals surface area contributed by atoms with Gasteiger partial charge in [-0.25, -0.2) is 0 Å². The molecule has 4 nitrogen and oxygen atoms in total. The molecule has 3 N–H and O–H groups in total. The van der Waals surface area contributed by atoms with Gasteiger partial charge in [-0.3, -0.25) is 4.55 Å². The molecule has 1 unspecified atom stereocenters. The minimum atomic E-state index is -4.02. The second-order valence-electron chi connectivity index (χ2n) is 7.69. The molecule has 0 aromatic heterocycles. The Morgan fingerprint density at radius 3 is 0.882 bits per heavy atom. The van der Waals surface area contributed by atoms with E-state index in [1.807, 2.05) is 24.3 Å². The molecule has 0 radical (unpaired) electrons. The summed E-state index contributed by atoms with van der Waals surface area (Å²) < 4.78 is 28.7. The molecule has 4 rings (SSSR count). The van der Waals surface area contributed by atoms with Crippen LogP contribution in [-0.2, 0) is 30.5 Å². The average molecular weight is 568 g/mol. The fourth-order valence-corrected chi connectivity index (χ4v) is 3.55. The van der Waals surface area contributed by atoms with Crippen molar-refractivity contribution in [3.8, 4) is 22.3 Å². The van der Waals surface area contributed by atoms with Crippen molar-refractivity contribution in [2.24, 2.45) is 11.7 Å². The third-order valence-electron chi connectivity index (χ3n) is 4.76. The Morgan fingerprint density at radius 1 is 0.559 bits per heavy atom. The van der Waals surface area contributed by atoms with Crippen LogP contribution in [0.4, 0.5) is 0 Å². The predicted octanol–water partition coefficient (Wildman–Crippen LogP) is 6.52. The van der Waals surface area contributed by atoms with Crippen molar-refractivity contribution >= 4 is 10.1 Å². The van der Waals surface area contributed by atoms with Crippen LogP contribution in [0.25, 0.3) is 22.3 Å². The molecule has 0 saturated heterocycles. The van der Waals surface area contributed by atoms with Crippen molar-refractivity contribution in [3.05, 3.63) is 121 Å². The van der Waals surface area contributed by atoms with Gasteiger partial charge in [0.25, 0.3) is 10.1 Å². The molecule has 0 fully saturated rings. The molecule has 0 heterocycles. The molecular weight excluding hydrogens is 537 g/mol. The monoisotopic (exact) mass is 567 g/mol. The van der Waals surface area contributed by atoms with Gasteiger partial charge in [0.2, 0.25) is 0 Å². The van der Waals surface area contributed by atoms with Crippen molar-refractivity contribution in [2.45, 2.75) is 19.2 Å². The van der Waals surface area contributed by atoms with Crippen LogP contribution in [0.1, 0.15) is 13.8 Å². The van der Waals surface area contributed by atoms with E-state index in [-0.39, 0.29) is 26.3 Å². The molecule has 0 saturated carbocycles. The third-order valence-corrected chi connectivity index (χ3v) is 6.00. The molecule has 0 amide bonds. The van der Waals surface area contributed by atoms with E-state index < -0.39 is 15.5 Å². The smallest absolute Gasteiger partial charge is 0.281 e. The van der Waals surface area contributed by atoms with Gasteiger partial charge in [0, 0.05) is 20.4 Å². The van der Waals surface area contributed by atoms with Gasteiger partial charge in [-0.15, -0.1) is 0 Å². The van der Waals surface area contributed by atoms with Crippen LogP contribution in [0.2, 0.25) is 0 Å². The van der Waals surface area contributed by atoms with Gasteiger partial charge >= 0.3 is 0 Å². The molecule has 0 bridgehead atoms. The fraction of sp³-hybridized carbons (Fsp3) is 0.143. The third kappa shape index (κ3) is 10.6. The maximum Gasteiger partial charge on any atom is 0.281 e. The number of benzene rings is 4. The molecule has 0 spiro atoms. The van der Waals surface area contributed by atoms with Gasteiger partial charge in [0.05, 0.1) is 0 Å². The maximum atomic E-state index is 10.2. The van der Waals surface area contributed by atoms with Gasteiger partial charge in [-0.2, -0.15) is 8.42 Å². The second kappa shape index (κ2) is 15.3. The summed E-state index contributed by atoms with van der Waals surface area (Å²) in [4.78, 5) is 0. The van der Waals surface area contributed by atoms with Crippen LogP contribution in [-0.4, -0.2) is 18.3 Å². The predicted molar refractivity (Wildman–Crippen MR) is 138 cm³/mol. The number of nitrogens with two attached hydrogens (primary N) is 1. The Bertz CT molecular complexity index is 1010. The Morgan fingerprint density at radius 2 is 0.765 bits per heavy atom. The Balaban J connectivity index is 0.000000255. The zero-order chi connectivity index (χ0) is 24.1. The number of hydrogen-bond acceptors (Lipinski definition) is 3. The van der Waals surface area contributed by atoms with E-state index in [1.165, 1.54) is 22.3 Å². The first kappa shape index (κ1) is 29.4. The normalized spacial score (nSPS) is 11.1. The SMILES string of the molecule is CC(C)C(N)S(=O)(=O)O.[Pd].c1ccc(-c2ccccc2)cc1.c1ccc(-c2ccccc2)cc1. The Kier molecular flexibility index (Phi) is 13.3. The van der Waals surface area contributed by atoms with Gasteiger partial charge in [-0.05, 0) is 28.2 Å². The molecule has 1 atom stereocenters. The molecule has 4 aromatic carbocycles. The minimum absolute atomic E-state index is 0. The van der Waals surface area contributed by atoms with E-state index in [0.29, 0.717) is 0 Å². The molecule has 0 aliphatic carbocycles. The van der Waals surface area contributed by atoms with E-state index in [0.717, 1.165) is 0 Å². The summed E-state index contributed by atoms with van der Waals surface area (Å²) >= 11 is 0. The fourth-order valence-electron chi connectivity index (χ4n) is 2.87. The standard InChI is InChI=1S/2C12H10.C4H11NO3S.Pd/c2*1-3-7-11(8-4-1)12-9-5-2-6-10-12;1-3(2)4(5)9(6,7)8;/h2*1-10H;3-4H,5H2,1-2H3,(H,6,7,8);. The van der Waals surface area contributed by atoms with Gasteiger partial charge in [0.1, 0.15) is 5.37 Å². The molecule has 182 valence electrons. The van der Waals surface area contributed by atoms with Crippen LogP contribution in [0.5, 0.6) is 0 Å². The zero-order valence-corrected chi connectivity index (χ0v) is 21.6. The van der Waals surface area contributed by atoms with Crippen molar-refractivity contribution in [1.82, 2.24) is 0 Å². The summed E-state index contributed by atoms with van der Waals surface area (Å²) in [5.74, 6) is -0.250. The molecule has 4 aromatic rings. The summed E-state index contributed by atoms with van der Waals surface area (Å²) in [5, 5.41) is -1.16. The van der Waals surface area contributed by atoms with E-state index in [9.17, 15) is 8.42 Å². The first-order valence-corrected chi connectivity index (χ1v) is 12.2. The van der Waals surface area contributed by atoms with Crippen molar-refractivity contribution in [3.63, 3.8) is 0 Å². The van der Waals surface area contributed by atoms with Crippen LogP contribution in [0.3, 0.4) is 0 Å². The van der Waals surface area contributed by atoms with E-state index in [2.05, 4.69) is 97.1 Å². The Labute approximate surface area is 217 Å². The summed E-state index contributed by atoms with van der Waals surface area (Å²) in [6, 6.07) is 41.6. The van der Waals surface area contributed by atoms with Crippen LogP contribution in [0.15, 0.2) is 121 Å². The van der Waals surface area contributed by atoms with Gasteiger partial charge < -0.3 is 5.73 Å². The molecule has 0 aliphatic rings. The zero-order valence-electron chi connectivity index (χ0n) is 19.3. The second-order valence-corrected chi connectivity index (χ2v) is 9.26. The quantitative estimate of drug-likeness (QED) is 0.217. The van der Waals surface area contributed by atoms with Crippen LogP contribution >= 0.6 is 0 Å². The topological polar surface area (TPSA) is 80.4 Å². The number of rotatable bonds is 4. The molecule has 6 heteroatoms.